The van der Waals surface area contributed by atoms with Crippen LogP contribution in [0.3, 0.4) is 0 Å². The number of rotatable bonds is 3. The first-order valence-corrected chi connectivity index (χ1v) is 5.10. The van der Waals surface area contributed by atoms with E-state index < -0.39 is 11.7 Å². The highest BCUT2D eigenvalue weighted by atomic mass is 32.1. The SMILES string of the molecule is NCC(CS)c1ccc(C(F)(F)F)cc1. The van der Waals surface area contributed by atoms with Crippen LogP contribution in [0.4, 0.5) is 13.2 Å². The Kier molecular flexibility index (Phi) is 4.04. The van der Waals surface area contributed by atoms with Crippen molar-refractivity contribution in [1.29, 1.82) is 0 Å². The molecule has 1 nitrogen and oxygen atoms in total. The summed E-state index contributed by atoms with van der Waals surface area (Å²) in [5.74, 6) is 0.539. The molecular weight excluding hydrogens is 223 g/mol. The molecule has 84 valence electrons. The first kappa shape index (κ1) is 12.4. The van der Waals surface area contributed by atoms with Gasteiger partial charge in [-0.05, 0) is 30.0 Å². The van der Waals surface area contributed by atoms with Crippen LogP contribution in [-0.2, 0) is 6.18 Å². The van der Waals surface area contributed by atoms with Crippen molar-refractivity contribution in [3.63, 3.8) is 0 Å². The van der Waals surface area contributed by atoms with E-state index in [4.69, 9.17) is 5.73 Å². The van der Waals surface area contributed by atoms with Crippen LogP contribution < -0.4 is 5.73 Å². The molecule has 1 atom stereocenters. The standard InChI is InChI=1S/C10H12F3NS/c11-10(12,13)9-3-1-7(2-4-9)8(5-14)6-15/h1-4,8,15H,5-6,14H2. The van der Waals surface area contributed by atoms with E-state index >= 15 is 0 Å². The van der Waals surface area contributed by atoms with Gasteiger partial charge in [0.1, 0.15) is 0 Å². The predicted molar refractivity (Wildman–Crippen MR) is 57.1 cm³/mol. The normalized spacial score (nSPS) is 13.9. The largest absolute Gasteiger partial charge is 0.416 e. The van der Waals surface area contributed by atoms with E-state index in [1.165, 1.54) is 12.1 Å². The van der Waals surface area contributed by atoms with Crippen LogP contribution in [-0.4, -0.2) is 12.3 Å². The van der Waals surface area contributed by atoms with Crippen LogP contribution in [0.25, 0.3) is 0 Å². The van der Waals surface area contributed by atoms with Gasteiger partial charge in [0, 0.05) is 5.92 Å². The van der Waals surface area contributed by atoms with Crippen molar-refractivity contribution < 1.29 is 13.2 Å². The number of benzene rings is 1. The monoisotopic (exact) mass is 235 g/mol. The molecule has 0 spiro atoms. The average molecular weight is 235 g/mol. The van der Waals surface area contributed by atoms with Crippen molar-refractivity contribution in [2.75, 3.05) is 12.3 Å². The smallest absolute Gasteiger partial charge is 0.330 e. The highest BCUT2D eigenvalue weighted by molar-refractivity contribution is 7.80. The third-order valence-electron chi connectivity index (χ3n) is 2.21. The zero-order valence-electron chi connectivity index (χ0n) is 7.96. The van der Waals surface area contributed by atoms with Gasteiger partial charge in [-0.3, -0.25) is 0 Å². The van der Waals surface area contributed by atoms with E-state index in [0.717, 1.165) is 17.7 Å². The molecule has 2 N–H and O–H groups in total. The molecule has 15 heavy (non-hydrogen) atoms. The van der Waals surface area contributed by atoms with E-state index in [2.05, 4.69) is 12.6 Å². The van der Waals surface area contributed by atoms with Gasteiger partial charge < -0.3 is 5.73 Å². The molecule has 5 heteroatoms. The molecule has 0 fully saturated rings. The van der Waals surface area contributed by atoms with E-state index in [0.29, 0.717) is 12.3 Å². The highest BCUT2D eigenvalue weighted by Crippen LogP contribution is 2.30. The second-order valence-corrected chi connectivity index (χ2v) is 3.60. The van der Waals surface area contributed by atoms with Crippen LogP contribution >= 0.6 is 12.6 Å². The van der Waals surface area contributed by atoms with Gasteiger partial charge in [-0.15, -0.1) is 0 Å². The van der Waals surface area contributed by atoms with E-state index in [1.54, 1.807) is 0 Å². The van der Waals surface area contributed by atoms with Crippen molar-refractivity contribution in [1.82, 2.24) is 0 Å². The molecule has 0 bridgehead atoms. The van der Waals surface area contributed by atoms with Crippen LogP contribution in [0.2, 0.25) is 0 Å². The lowest BCUT2D eigenvalue weighted by Gasteiger charge is -2.13. The Morgan fingerprint density at radius 2 is 1.73 bits per heavy atom. The second-order valence-electron chi connectivity index (χ2n) is 3.23. The van der Waals surface area contributed by atoms with E-state index in [1.807, 2.05) is 0 Å². The maximum absolute atomic E-state index is 12.2. The van der Waals surface area contributed by atoms with Gasteiger partial charge in [-0.25, -0.2) is 0 Å². The zero-order valence-corrected chi connectivity index (χ0v) is 8.85. The fraction of sp³-hybridized carbons (Fsp3) is 0.400. The summed E-state index contributed by atoms with van der Waals surface area (Å²) in [7, 11) is 0. The molecule has 0 aliphatic heterocycles. The van der Waals surface area contributed by atoms with Gasteiger partial charge in [-0.2, -0.15) is 25.8 Å². The number of hydrogen-bond acceptors (Lipinski definition) is 2. The zero-order chi connectivity index (χ0) is 11.5. The lowest BCUT2D eigenvalue weighted by molar-refractivity contribution is -0.137. The van der Waals surface area contributed by atoms with Crippen LogP contribution in [0.1, 0.15) is 17.0 Å². The molecule has 0 saturated heterocycles. The number of halogens is 3. The van der Waals surface area contributed by atoms with Gasteiger partial charge in [-0.1, -0.05) is 12.1 Å². The van der Waals surface area contributed by atoms with E-state index in [-0.39, 0.29) is 5.92 Å². The van der Waals surface area contributed by atoms with Crippen molar-refractivity contribution in [3.8, 4) is 0 Å². The summed E-state index contributed by atoms with van der Waals surface area (Å²) in [4.78, 5) is 0. The van der Waals surface area contributed by atoms with Gasteiger partial charge in [0.15, 0.2) is 0 Å². The van der Waals surface area contributed by atoms with E-state index in [9.17, 15) is 13.2 Å². The summed E-state index contributed by atoms with van der Waals surface area (Å²) in [6.07, 6.45) is -4.28. The number of nitrogens with two attached hydrogens (primary N) is 1. The van der Waals surface area contributed by atoms with Crippen molar-refractivity contribution in [3.05, 3.63) is 35.4 Å². The summed E-state index contributed by atoms with van der Waals surface area (Å²) in [5, 5.41) is 0. The fourth-order valence-corrected chi connectivity index (χ4v) is 1.62. The van der Waals surface area contributed by atoms with Gasteiger partial charge in [0.2, 0.25) is 0 Å². The average Bonchev–Trinajstić information content (AvgIpc) is 2.19. The topological polar surface area (TPSA) is 26.0 Å². The third kappa shape index (κ3) is 3.14. The minimum Gasteiger partial charge on any atom is -0.330 e. The van der Waals surface area contributed by atoms with Gasteiger partial charge in [0.05, 0.1) is 5.56 Å². The van der Waals surface area contributed by atoms with Crippen molar-refractivity contribution in [2.24, 2.45) is 5.73 Å². The number of alkyl halides is 3. The Morgan fingerprint density at radius 3 is 2.07 bits per heavy atom. The Hall–Kier alpha value is -0.680. The fourth-order valence-electron chi connectivity index (χ4n) is 1.26. The minimum absolute atomic E-state index is 0.00983. The predicted octanol–water partition coefficient (Wildman–Crippen LogP) is 2.68. The van der Waals surface area contributed by atoms with Crippen LogP contribution in [0.5, 0.6) is 0 Å². The summed E-state index contributed by atoms with van der Waals surface area (Å²) in [5.41, 5.74) is 5.62. The molecule has 1 aromatic rings. The molecular formula is C10H12F3NS. The molecule has 1 rings (SSSR count). The lowest BCUT2D eigenvalue weighted by atomic mass is 10.00. The van der Waals surface area contributed by atoms with Gasteiger partial charge in [0.25, 0.3) is 0 Å². The minimum atomic E-state index is -4.28. The quantitative estimate of drug-likeness (QED) is 0.774. The molecule has 0 amide bonds. The molecule has 0 radical (unpaired) electrons. The maximum Gasteiger partial charge on any atom is 0.416 e. The lowest BCUT2D eigenvalue weighted by Crippen LogP contribution is -2.14. The molecule has 0 aromatic heterocycles. The molecule has 0 heterocycles. The summed E-state index contributed by atoms with van der Waals surface area (Å²) < 4.78 is 36.7. The number of hydrogen-bond donors (Lipinski definition) is 2. The Balaban J connectivity index is 2.89. The summed E-state index contributed by atoms with van der Waals surface area (Å²) in [6, 6.07) is 5.05. The number of thiol groups is 1. The summed E-state index contributed by atoms with van der Waals surface area (Å²) >= 11 is 4.09. The Bertz CT molecular complexity index is 303. The van der Waals surface area contributed by atoms with Crippen molar-refractivity contribution >= 4 is 12.6 Å². The van der Waals surface area contributed by atoms with Crippen LogP contribution in [0, 0.1) is 0 Å². The highest BCUT2D eigenvalue weighted by Gasteiger charge is 2.30. The van der Waals surface area contributed by atoms with Gasteiger partial charge >= 0.3 is 6.18 Å². The third-order valence-corrected chi connectivity index (χ3v) is 2.66. The summed E-state index contributed by atoms with van der Waals surface area (Å²) in [6.45, 7) is 0.384. The maximum atomic E-state index is 12.2. The molecule has 0 aliphatic carbocycles. The first-order chi connectivity index (χ1) is 6.99. The Morgan fingerprint density at radius 1 is 1.20 bits per heavy atom. The Labute approximate surface area is 91.9 Å². The molecule has 1 unspecified atom stereocenters. The molecule has 0 saturated carbocycles. The first-order valence-electron chi connectivity index (χ1n) is 4.47. The molecule has 1 aromatic carbocycles. The molecule has 0 aliphatic rings. The second kappa shape index (κ2) is 4.90. The van der Waals surface area contributed by atoms with Crippen molar-refractivity contribution in [2.45, 2.75) is 12.1 Å². The van der Waals surface area contributed by atoms with Crippen LogP contribution in [0.15, 0.2) is 24.3 Å².